The second-order valence-corrected chi connectivity index (χ2v) is 10.5. The number of halogens is 2. The summed E-state index contributed by atoms with van der Waals surface area (Å²) in [5.41, 5.74) is 16.3. The Labute approximate surface area is 213 Å². The minimum absolute atomic E-state index is 0.0144. The van der Waals surface area contributed by atoms with E-state index in [-0.39, 0.29) is 28.3 Å². The summed E-state index contributed by atoms with van der Waals surface area (Å²) in [5, 5.41) is 10.9. The second-order valence-electron chi connectivity index (χ2n) is 9.70. The van der Waals surface area contributed by atoms with E-state index in [2.05, 4.69) is 24.9 Å². The zero-order chi connectivity index (χ0) is 25.1. The van der Waals surface area contributed by atoms with E-state index in [1.54, 1.807) is 18.2 Å². The van der Waals surface area contributed by atoms with Gasteiger partial charge in [0.2, 0.25) is 0 Å². The largest absolute Gasteiger partial charge is 0.397 e. The Kier molecular flexibility index (Phi) is 5.51. The SMILES string of the molecule is CC1(C)CC(=O)C2=C(C1)N(c1ccc(Cl)cc1)c1nc(N)c(C#N)c(N)c1C2c1ccccc1Cl. The van der Waals surface area contributed by atoms with Crippen molar-refractivity contribution in [3.05, 3.63) is 86.5 Å². The van der Waals surface area contributed by atoms with Gasteiger partial charge in [-0.3, -0.25) is 9.69 Å². The van der Waals surface area contributed by atoms with Crippen LogP contribution in [0.1, 0.15) is 49.3 Å². The number of fused-ring (bicyclic) bond motifs is 1. The Hall–Kier alpha value is -3.53. The van der Waals surface area contributed by atoms with Gasteiger partial charge in [-0.25, -0.2) is 4.98 Å². The number of rotatable bonds is 2. The molecular formula is C27H23Cl2N5O. The lowest BCUT2D eigenvalue weighted by Crippen LogP contribution is -2.39. The third-order valence-electron chi connectivity index (χ3n) is 6.65. The van der Waals surface area contributed by atoms with E-state index in [9.17, 15) is 10.1 Å². The molecule has 0 fully saturated rings. The summed E-state index contributed by atoms with van der Waals surface area (Å²) >= 11 is 12.9. The lowest BCUT2D eigenvalue weighted by atomic mass is 9.68. The number of carbonyl (C=O) groups is 1. The van der Waals surface area contributed by atoms with Gasteiger partial charge in [-0.2, -0.15) is 5.26 Å². The number of nitrogens with two attached hydrogens (primary N) is 2. The monoisotopic (exact) mass is 503 g/mol. The molecule has 2 aromatic carbocycles. The maximum atomic E-state index is 13.8. The van der Waals surface area contributed by atoms with Gasteiger partial charge >= 0.3 is 0 Å². The van der Waals surface area contributed by atoms with Crippen molar-refractivity contribution in [3.8, 4) is 6.07 Å². The van der Waals surface area contributed by atoms with Gasteiger partial charge in [0.1, 0.15) is 23.3 Å². The predicted molar refractivity (Wildman–Crippen MR) is 140 cm³/mol. The molecule has 5 rings (SSSR count). The first-order valence-corrected chi connectivity index (χ1v) is 11.9. The molecule has 1 atom stereocenters. The van der Waals surface area contributed by atoms with Crippen LogP contribution in [0, 0.1) is 16.7 Å². The number of benzene rings is 2. The summed E-state index contributed by atoms with van der Waals surface area (Å²) in [5.74, 6) is -0.0527. The van der Waals surface area contributed by atoms with Gasteiger partial charge in [0, 0.05) is 44.9 Å². The molecule has 8 heteroatoms. The molecule has 6 nitrogen and oxygen atoms in total. The number of nitriles is 1. The highest BCUT2D eigenvalue weighted by Gasteiger charge is 2.46. The number of nitrogens with zero attached hydrogens (tertiary/aromatic N) is 3. The fraction of sp³-hybridized carbons (Fsp3) is 0.222. The molecule has 0 saturated heterocycles. The van der Waals surface area contributed by atoms with Crippen LogP contribution in [0.4, 0.5) is 23.0 Å². The molecular weight excluding hydrogens is 481 g/mol. The molecule has 2 heterocycles. The van der Waals surface area contributed by atoms with Gasteiger partial charge in [0.25, 0.3) is 0 Å². The van der Waals surface area contributed by atoms with Crippen LogP contribution in [0.5, 0.6) is 0 Å². The van der Waals surface area contributed by atoms with E-state index in [4.69, 9.17) is 34.7 Å². The Morgan fingerprint density at radius 1 is 1.09 bits per heavy atom. The molecule has 0 spiro atoms. The Morgan fingerprint density at radius 3 is 2.43 bits per heavy atom. The third kappa shape index (κ3) is 3.72. The first-order valence-electron chi connectivity index (χ1n) is 11.2. The highest BCUT2D eigenvalue weighted by Crippen LogP contribution is 2.56. The fourth-order valence-electron chi connectivity index (χ4n) is 5.19. The molecule has 2 aliphatic rings. The smallest absolute Gasteiger partial charge is 0.162 e. The van der Waals surface area contributed by atoms with Crippen LogP contribution in [0.3, 0.4) is 0 Å². The minimum Gasteiger partial charge on any atom is -0.397 e. The normalized spacial score (nSPS) is 18.7. The lowest BCUT2D eigenvalue weighted by Gasteiger charge is -2.44. The zero-order valence-electron chi connectivity index (χ0n) is 19.3. The summed E-state index contributed by atoms with van der Waals surface area (Å²) in [6.07, 6.45) is 1.00. The Morgan fingerprint density at radius 2 is 1.77 bits per heavy atom. The van der Waals surface area contributed by atoms with Crippen molar-refractivity contribution in [1.82, 2.24) is 4.98 Å². The Bertz CT molecular complexity index is 1450. The number of hydrogen-bond acceptors (Lipinski definition) is 6. The molecule has 0 saturated carbocycles. The number of Topliss-reactive ketones (excluding diaryl/α,β-unsaturated/α-hetero) is 1. The van der Waals surface area contributed by atoms with Crippen LogP contribution >= 0.6 is 23.2 Å². The van der Waals surface area contributed by atoms with E-state index in [1.807, 2.05) is 35.2 Å². The first kappa shape index (κ1) is 23.2. The molecule has 3 aromatic rings. The standard InChI is InChI=1S/C27H23Cl2N5O/c1-27(2)11-19-22(20(35)12-27)21(16-5-3-4-6-18(16)29)23-24(31)17(13-30)25(32)33-26(23)34(19)15-9-7-14(28)8-10-15/h3-10,21H,11-12H2,1-2H3,(H4,31,32,33). The predicted octanol–water partition coefficient (Wildman–Crippen LogP) is 6.35. The summed E-state index contributed by atoms with van der Waals surface area (Å²) < 4.78 is 0. The lowest BCUT2D eigenvalue weighted by molar-refractivity contribution is -0.118. The molecule has 1 aliphatic carbocycles. The van der Waals surface area contributed by atoms with Crippen LogP contribution in [0.25, 0.3) is 0 Å². The van der Waals surface area contributed by atoms with E-state index < -0.39 is 5.92 Å². The number of ketones is 1. The van der Waals surface area contributed by atoms with Gasteiger partial charge in [-0.05, 0) is 47.7 Å². The summed E-state index contributed by atoms with van der Waals surface area (Å²) in [4.78, 5) is 20.4. The average molecular weight is 504 g/mol. The maximum absolute atomic E-state index is 13.8. The number of allylic oxidation sites excluding steroid dienone is 2. The Balaban J connectivity index is 1.93. The summed E-state index contributed by atoms with van der Waals surface area (Å²) in [6, 6.07) is 16.7. The third-order valence-corrected chi connectivity index (χ3v) is 7.25. The number of hydrogen-bond donors (Lipinski definition) is 2. The van der Waals surface area contributed by atoms with Gasteiger partial charge < -0.3 is 11.5 Å². The van der Waals surface area contributed by atoms with E-state index in [0.717, 1.165) is 16.9 Å². The minimum atomic E-state index is -0.582. The highest BCUT2D eigenvalue weighted by atomic mass is 35.5. The zero-order valence-corrected chi connectivity index (χ0v) is 20.8. The van der Waals surface area contributed by atoms with Crippen LogP contribution in [-0.4, -0.2) is 10.8 Å². The van der Waals surface area contributed by atoms with Gasteiger partial charge in [0.05, 0.1) is 5.69 Å². The first-order chi connectivity index (χ1) is 16.6. The number of aromatic nitrogens is 1. The maximum Gasteiger partial charge on any atom is 0.162 e. The molecule has 0 amide bonds. The van der Waals surface area contributed by atoms with Crippen molar-refractivity contribution in [1.29, 1.82) is 5.26 Å². The topological polar surface area (TPSA) is 109 Å². The molecule has 35 heavy (non-hydrogen) atoms. The molecule has 0 bridgehead atoms. The molecule has 1 unspecified atom stereocenters. The van der Waals surface area contributed by atoms with Crippen molar-refractivity contribution in [3.63, 3.8) is 0 Å². The van der Waals surface area contributed by atoms with Crippen molar-refractivity contribution < 1.29 is 4.79 Å². The quantitative estimate of drug-likeness (QED) is 0.421. The van der Waals surface area contributed by atoms with Crippen LogP contribution in [0.15, 0.2) is 59.8 Å². The molecule has 4 N–H and O–H groups in total. The van der Waals surface area contributed by atoms with Crippen LogP contribution < -0.4 is 16.4 Å². The second kappa shape index (κ2) is 8.30. The number of pyridine rings is 1. The average Bonchev–Trinajstić information content (AvgIpc) is 2.78. The van der Waals surface area contributed by atoms with Crippen LogP contribution in [-0.2, 0) is 4.79 Å². The number of nitrogen functional groups attached to an aromatic ring is 2. The van der Waals surface area contributed by atoms with Gasteiger partial charge in [-0.15, -0.1) is 0 Å². The van der Waals surface area contributed by atoms with Gasteiger partial charge in [0.15, 0.2) is 5.78 Å². The van der Waals surface area contributed by atoms with Crippen LogP contribution in [0.2, 0.25) is 10.0 Å². The number of carbonyl (C=O) groups excluding carboxylic acids is 1. The molecule has 176 valence electrons. The van der Waals surface area contributed by atoms with E-state index >= 15 is 0 Å². The van der Waals surface area contributed by atoms with Crippen molar-refractivity contribution >= 4 is 52.0 Å². The van der Waals surface area contributed by atoms with E-state index in [0.29, 0.717) is 39.8 Å². The van der Waals surface area contributed by atoms with E-state index in [1.165, 1.54) is 0 Å². The molecule has 0 radical (unpaired) electrons. The summed E-state index contributed by atoms with van der Waals surface area (Å²) in [6.45, 7) is 4.15. The number of anilines is 4. The molecule has 1 aromatic heterocycles. The summed E-state index contributed by atoms with van der Waals surface area (Å²) in [7, 11) is 0. The molecule has 1 aliphatic heterocycles. The fourth-order valence-corrected chi connectivity index (χ4v) is 5.56. The van der Waals surface area contributed by atoms with Crippen molar-refractivity contribution in [2.24, 2.45) is 5.41 Å². The highest BCUT2D eigenvalue weighted by molar-refractivity contribution is 6.31. The van der Waals surface area contributed by atoms with Crippen molar-refractivity contribution in [2.45, 2.75) is 32.6 Å². The van der Waals surface area contributed by atoms with Crippen molar-refractivity contribution in [2.75, 3.05) is 16.4 Å². The van der Waals surface area contributed by atoms with Gasteiger partial charge in [-0.1, -0.05) is 55.2 Å².